The Morgan fingerprint density at radius 2 is 1.88 bits per heavy atom. The summed E-state index contributed by atoms with van der Waals surface area (Å²) < 4.78 is 16.9. The van der Waals surface area contributed by atoms with Gasteiger partial charge in [-0.1, -0.05) is 48.5 Å². The highest BCUT2D eigenvalue weighted by Crippen LogP contribution is 2.28. The van der Waals surface area contributed by atoms with E-state index in [1.807, 2.05) is 55.5 Å². The SMILES string of the molecule is C=CCOc1ccc(C(=O)N/N=C/c2cccc(OCc3cccc(Cl)c3)c2)cc1OCC. The van der Waals surface area contributed by atoms with E-state index in [4.69, 9.17) is 25.8 Å². The van der Waals surface area contributed by atoms with Gasteiger partial charge in [0.05, 0.1) is 12.8 Å². The van der Waals surface area contributed by atoms with E-state index in [-0.39, 0.29) is 5.91 Å². The lowest BCUT2D eigenvalue weighted by molar-refractivity contribution is 0.0954. The molecule has 0 saturated carbocycles. The van der Waals surface area contributed by atoms with Crippen LogP contribution in [0.4, 0.5) is 0 Å². The van der Waals surface area contributed by atoms with Gasteiger partial charge in [-0.05, 0) is 60.5 Å². The van der Waals surface area contributed by atoms with Crippen molar-refractivity contribution in [3.05, 3.63) is 101 Å². The Balaban J connectivity index is 1.60. The lowest BCUT2D eigenvalue weighted by Crippen LogP contribution is -2.17. The van der Waals surface area contributed by atoms with Crippen LogP contribution in [0.3, 0.4) is 0 Å². The zero-order valence-corrected chi connectivity index (χ0v) is 19.0. The minimum Gasteiger partial charge on any atom is -0.490 e. The van der Waals surface area contributed by atoms with E-state index in [9.17, 15) is 4.79 Å². The zero-order chi connectivity index (χ0) is 23.5. The molecule has 1 N–H and O–H groups in total. The summed E-state index contributed by atoms with van der Waals surface area (Å²) in [6.45, 7) is 6.68. The van der Waals surface area contributed by atoms with Crippen molar-refractivity contribution in [3.63, 3.8) is 0 Å². The van der Waals surface area contributed by atoms with Crippen molar-refractivity contribution in [2.45, 2.75) is 13.5 Å². The second-order valence-corrected chi connectivity index (χ2v) is 7.32. The lowest BCUT2D eigenvalue weighted by atomic mass is 10.2. The Morgan fingerprint density at radius 3 is 2.67 bits per heavy atom. The van der Waals surface area contributed by atoms with Gasteiger partial charge in [-0.15, -0.1) is 0 Å². The first-order chi connectivity index (χ1) is 16.1. The van der Waals surface area contributed by atoms with E-state index < -0.39 is 0 Å². The first-order valence-corrected chi connectivity index (χ1v) is 10.8. The molecular weight excluding hydrogens is 440 g/mol. The molecule has 0 aliphatic heterocycles. The Kier molecular flexibility index (Phi) is 8.91. The molecule has 6 nitrogen and oxygen atoms in total. The van der Waals surface area contributed by atoms with Crippen LogP contribution in [-0.4, -0.2) is 25.3 Å². The minimum absolute atomic E-state index is 0.345. The molecule has 1 amide bonds. The molecule has 0 aromatic heterocycles. The maximum Gasteiger partial charge on any atom is 0.271 e. The standard InChI is InChI=1S/C26H25ClN2O4/c1-3-13-32-24-12-11-21(16-25(24)31-4-2)26(30)29-28-17-19-7-6-10-23(15-19)33-18-20-8-5-9-22(27)14-20/h3,5-12,14-17H,1,4,13,18H2,2H3,(H,29,30)/b28-17+. The van der Waals surface area contributed by atoms with Crippen LogP contribution in [0.1, 0.15) is 28.4 Å². The van der Waals surface area contributed by atoms with E-state index in [1.165, 1.54) is 0 Å². The van der Waals surface area contributed by atoms with E-state index in [0.29, 0.717) is 47.7 Å². The van der Waals surface area contributed by atoms with Gasteiger partial charge in [-0.3, -0.25) is 4.79 Å². The molecule has 0 aliphatic carbocycles. The van der Waals surface area contributed by atoms with Crippen molar-refractivity contribution in [2.24, 2.45) is 5.10 Å². The molecule has 33 heavy (non-hydrogen) atoms. The second kappa shape index (κ2) is 12.3. The van der Waals surface area contributed by atoms with Crippen LogP contribution < -0.4 is 19.6 Å². The molecule has 0 aliphatic rings. The van der Waals surface area contributed by atoms with Crippen LogP contribution in [0, 0.1) is 0 Å². The molecule has 0 bridgehead atoms. The van der Waals surface area contributed by atoms with E-state index in [1.54, 1.807) is 30.5 Å². The summed E-state index contributed by atoms with van der Waals surface area (Å²) in [7, 11) is 0. The molecule has 0 fully saturated rings. The van der Waals surface area contributed by atoms with Crippen LogP contribution in [0.15, 0.2) is 84.5 Å². The summed E-state index contributed by atoms with van der Waals surface area (Å²) in [4.78, 5) is 12.5. The van der Waals surface area contributed by atoms with Crippen LogP contribution in [0.2, 0.25) is 5.02 Å². The van der Waals surface area contributed by atoms with Crippen LogP contribution in [0.5, 0.6) is 17.2 Å². The van der Waals surface area contributed by atoms with Gasteiger partial charge in [-0.25, -0.2) is 5.43 Å². The third kappa shape index (κ3) is 7.40. The maximum absolute atomic E-state index is 12.5. The zero-order valence-electron chi connectivity index (χ0n) is 18.3. The highest BCUT2D eigenvalue weighted by Gasteiger charge is 2.11. The second-order valence-electron chi connectivity index (χ2n) is 6.88. The molecule has 170 valence electrons. The molecule has 7 heteroatoms. The van der Waals surface area contributed by atoms with Crippen molar-refractivity contribution >= 4 is 23.7 Å². The Labute approximate surface area is 198 Å². The third-order valence-electron chi connectivity index (χ3n) is 4.39. The number of benzene rings is 3. The average molecular weight is 465 g/mol. The Morgan fingerprint density at radius 1 is 1.03 bits per heavy atom. The van der Waals surface area contributed by atoms with Crippen molar-refractivity contribution in [1.82, 2.24) is 5.43 Å². The van der Waals surface area contributed by atoms with Gasteiger partial charge in [0, 0.05) is 10.6 Å². The van der Waals surface area contributed by atoms with Gasteiger partial charge >= 0.3 is 0 Å². The van der Waals surface area contributed by atoms with Crippen molar-refractivity contribution in [2.75, 3.05) is 13.2 Å². The van der Waals surface area contributed by atoms with Crippen LogP contribution >= 0.6 is 11.6 Å². The van der Waals surface area contributed by atoms with E-state index in [0.717, 1.165) is 11.1 Å². The number of hydrogen-bond acceptors (Lipinski definition) is 5. The predicted octanol–water partition coefficient (Wildman–Crippen LogP) is 5.65. The molecule has 0 heterocycles. The smallest absolute Gasteiger partial charge is 0.271 e. The number of nitrogens with one attached hydrogen (secondary N) is 1. The first kappa shape index (κ1) is 23.9. The van der Waals surface area contributed by atoms with Gasteiger partial charge in [0.1, 0.15) is 19.0 Å². The number of nitrogens with zero attached hydrogens (tertiary/aromatic N) is 1. The van der Waals surface area contributed by atoms with Gasteiger partial charge in [0.15, 0.2) is 11.5 Å². The van der Waals surface area contributed by atoms with Crippen LogP contribution in [-0.2, 0) is 6.61 Å². The lowest BCUT2D eigenvalue weighted by Gasteiger charge is -2.12. The summed E-state index contributed by atoms with van der Waals surface area (Å²) in [5.41, 5.74) is 4.68. The Hall–Kier alpha value is -3.77. The normalized spacial score (nSPS) is 10.6. The summed E-state index contributed by atoms with van der Waals surface area (Å²) in [6.07, 6.45) is 3.19. The van der Waals surface area contributed by atoms with E-state index >= 15 is 0 Å². The number of hydrogen-bond donors (Lipinski definition) is 1. The number of carbonyl (C=O) groups excluding carboxylic acids is 1. The number of amides is 1. The van der Waals surface area contributed by atoms with E-state index in [2.05, 4.69) is 17.1 Å². The number of hydrazone groups is 1. The largest absolute Gasteiger partial charge is 0.490 e. The molecule has 0 unspecified atom stereocenters. The van der Waals surface area contributed by atoms with Gasteiger partial charge in [0.25, 0.3) is 5.91 Å². The highest BCUT2D eigenvalue weighted by molar-refractivity contribution is 6.30. The molecule has 3 aromatic rings. The van der Waals surface area contributed by atoms with Gasteiger partial charge < -0.3 is 14.2 Å². The van der Waals surface area contributed by atoms with Crippen molar-refractivity contribution in [1.29, 1.82) is 0 Å². The molecule has 0 saturated heterocycles. The fourth-order valence-electron chi connectivity index (χ4n) is 2.89. The molecule has 0 radical (unpaired) electrons. The number of rotatable bonds is 11. The Bertz CT molecular complexity index is 1130. The van der Waals surface area contributed by atoms with Crippen molar-refractivity contribution < 1.29 is 19.0 Å². The molecule has 3 aromatic carbocycles. The number of halogens is 1. The highest BCUT2D eigenvalue weighted by atomic mass is 35.5. The maximum atomic E-state index is 12.5. The number of ether oxygens (including phenoxy) is 3. The summed E-state index contributed by atoms with van der Waals surface area (Å²) in [6, 6.07) is 19.9. The molecule has 3 rings (SSSR count). The fourth-order valence-corrected chi connectivity index (χ4v) is 3.11. The molecule has 0 spiro atoms. The summed E-state index contributed by atoms with van der Waals surface area (Å²) >= 11 is 6.01. The average Bonchev–Trinajstić information content (AvgIpc) is 2.82. The fraction of sp³-hybridized carbons (Fsp3) is 0.154. The molecule has 0 atom stereocenters. The predicted molar refractivity (Wildman–Crippen MR) is 131 cm³/mol. The monoisotopic (exact) mass is 464 g/mol. The first-order valence-electron chi connectivity index (χ1n) is 10.4. The number of carbonyl (C=O) groups is 1. The van der Waals surface area contributed by atoms with Gasteiger partial charge in [0.2, 0.25) is 0 Å². The summed E-state index contributed by atoms with van der Waals surface area (Å²) in [5.74, 6) is 1.35. The minimum atomic E-state index is -0.365. The quantitative estimate of drug-likeness (QED) is 0.226. The van der Waals surface area contributed by atoms with Crippen molar-refractivity contribution in [3.8, 4) is 17.2 Å². The summed E-state index contributed by atoms with van der Waals surface area (Å²) in [5, 5.41) is 4.72. The topological polar surface area (TPSA) is 69.2 Å². The molecular formula is C26H25ClN2O4. The van der Waals surface area contributed by atoms with Crippen LogP contribution in [0.25, 0.3) is 0 Å². The third-order valence-corrected chi connectivity index (χ3v) is 4.63. The van der Waals surface area contributed by atoms with Gasteiger partial charge in [-0.2, -0.15) is 5.10 Å².